The van der Waals surface area contributed by atoms with Gasteiger partial charge < -0.3 is 10.2 Å². The fraction of sp³-hybridized carbons (Fsp3) is 0.300. The van der Waals surface area contributed by atoms with Crippen LogP contribution in [0.2, 0.25) is 0 Å². The van der Waals surface area contributed by atoms with E-state index < -0.39 is 11.6 Å². The molecule has 0 radical (unpaired) electrons. The molecule has 13 heavy (non-hydrogen) atoms. The third-order valence-electron chi connectivity index (χ3n) is 1.79. The van der Waals surface area contributed by atoms with Crippen molar-refractivity contribution in [3.63, 3.8) is 0 Å². The molecule has 1 aromatic carbocycles. The SMILES string of the molecule is O=C(O)C1(O)CC1.c1ccccc1. The minimum Gasteiger partial charge on any atom is -0.479 e. The van der Waals surface area contributed by atoms with Crippen molar-refractivity contribution >= 4 is 5.97 Å². The van der Waals surface area contributed by atoms with E-state index in [1.165, 1.54) is 0 Å². The average molecular weight is 180 g/mol. The maximum Gasteiger partial charge on any atom is 0.335 e. The Hall–Kier alpha value is -1.35. The summed E-state index contributed by atoms with van der Waals surface area (Å²) in [7, 11) is 0. The Bertz CT molecular complexity index is 238. The topological polar surface area (TPSA) is 57.5 Å². The van der Waals surface area contributed by atoms with Crippen LogP contribution in [0.5, 0.6) is 0 Å². The molecule has 1 aliphatic rings. The first kappa shape index (κ1) is 9.74. The van der Waals surface area contributed by atoms with Gasteiger partial charge in [0.2, 0.25) is 0 Å². The van der Waals surface area contributed by atoms with Crippen LogP contribution in [-0.4, -0.2) is 21.8 Å². The van der Waals surface area contributed by atoms with Gasteiger partial charge in [-0.25, -0.2) is 4.79 Å². The van der Waals surface area contributed by atoms with Gasteiger partial charge in [-0.05, 0) is 12.8 Å². The number of benzene rings is 1. The Balaban J connectivity index is 0.000000132. The molecule has 1 saturated carbocycles. The van der Waals surface area contributed by atoms with Crippen LogP contribution >= 0.6 is 0 Å². The van der Waals surface area contributed by atoms with Crippen LogP contribution in [0.1, 0.15) is 12.8 Å². The van der Waals surface area contributed by atoms with Crippen molar-refractivity contribution in [3.05, 3.63) is 36.4 Å². The van der Waals surface area contributed by atoms with Crippen molar-refractivity contribution in [3.8, 4) is 0 Å². The fourth-order valence-electron chi connectivity index (χ4n) is 0.717. The van der Waals surface area contributed by atoms with Gasteiger partial charge in [-0.15, -0.1) is 0 Å². The summed E-state index contributed by atoms with van der Waals surface area (Å²) in [6.07, 6.45) is 0.838. The van der Waals surface area contributed by atoms with Crippen molar-refractivity contribution in [2.45, 2.75) is 18.4 Å². The van der Waals surface area contributed by atoms with Gasteiger partial charge in [-0.3, -0.25) is 0 Å². The molecule has 2 N–H and O–H groups in total. The lowest BCUT2D eigenvalue weighted by Gasteiger charge is -1.94. The normalized spacial score (nSPS) is 16.7. The molecule has 70 valence electrons. The lowest BCUT2D eigenvalue weighted by Crippen LogP contribution is -2.20. The third-order valence-corrected chi connectivity index (χ3v) is 1.79. The Morgan fingerprint density at radius 1 is 1.00 bits per heavy atom. The predicted octanol–water partition coefficient (Wildman–Crippen LogP) is 1.28. The molecule has 0 unspecified atom stereocenters. The standard InChI is InChI=1S/C6H6.C4H6O3/c1-2-4-6-5-3-1;5-3(6)4(7)1-2-4/h1-6H;7H,1-2H2,(H,5,6). The highest BCUT2D eigenvalue weighted by Gasteiger charge is 2.48. The first-order valence-corrected chi connectivity index (χ1v) is 4.11. The van der Waals surface area contributed by atoms with Crippen LogP contribution in [0.25, 0.3) is 0 Å². The number of aliphatic carboxylic acids is 1. The van der Waals surface area contributed by atoms with Gasteiger partial charge in [0.15, 0.2) is 5.60 Å². The van der Waals surface area contributed by atoms with Gasteiger partial charge in [0, 0.05) is 0 Å². The molecule has 0 aromatic heterocycles. The quantitative estimate of drug-likeness (QED) is 0.684. The molecule has 3 heteroatoms. The molecule has 0 aliphatic heterocycles. The number of carbonyl (C=O) groups is 1. The van der Waals surface area contributed by atoms with E-state index in [1.54, 1.807) is 0 Å². The fourth-order valence-corrected chi connectivity index (χ4v) is 0.717. The molecule has 0 amide bonds. The van der Waals surface area contributed by atoms with Gasteiger partial charge in [0.25, 0.3) is 0 Å². The zero-order valence-electron chi connectivity index (χ0n) is 7.18. The van der Waals surface area contributed by atoms with Crippen LogP contribution in [0.3, 0.4) is 0 Å². The van der Waals surface area contributed by atoms with E-state index in [0.717, 1.165) is 0 Å². The van der Waals surface area contributed by atoms with E-state index in [4.69, 9.17) is 10.2 Å². The molecule has 1 fully saturated rings. The summed E-state index contributed by atoms with van der Waals surface area (Å²) in [4.78, 5) is 9.83. The minimum absolute atomic E-state index is 0.419. The summed E-state index contributed by atoms with van der Waals surface area (Å²) < 4.78 is 0. The van der Waals surface area contributed by atoms with E-state index in [-0.39, 0.29) is 0 Å². The first-order chi connectivity index (χ1) is 6.15. The van der Waals surface area contributed by atoms with E-state index in [9.17, 15) is 4.79 Å². The van der Waals surface area contributed by atoms with Crippen LogP contribution in [0.15, 0.2) is 36.4 Å². The number of hydrogen-bond donors (Lipinski definition) is 2. The number of hydrogen-bond acceptors (Lipinski definition) is 2. The summed E-state index contributed by atoms with van der Waals surface area (Å²) in [6.45, 7) is 0. The monoisotopic (exact) mass is 180 g/mol. The largest absolute Gasteiger partial charge is 0.479 e. The summed E-state index contributed by atoms with van der Waals surface area (Å²) >= 11 is 0. The molecule has 0 saturated heterocycles. The first-order valence-electron chi connectivity index (χ1n) is 4.11. The van der Waals surface area contributed by atoms with Crippen LogP contribution in [0.4, 0.5) is 0 Å². The second kappa shape index (κ2) is 4.05. The number of aliphatic hydroxyl groups is 1. The van der Waals surface area contributed by atoms with Crippen molar-refractivity contribution in [2.24, 2.45) is 0 Å². The maximum atomic E-state index is 9.83. The van der Waals surface area contributed by atoms with E-state index in [1.807, 2.05) is 36.4 Å². The van der Waals surface area contributed by atoms with Crippen LogP contribution in [-0.2, 0) is 4.79 Å². The zero-order valence-corrected chi connectivity index (χ0v) is 7.18. The summed E-state index contributed by atoms with van der Waals surface area (Å²) in [5, 5.41) is 16.7. The van der Waals surface area contributed by atoms with Crippen molar-refractivity contribution < 1.29 is 15.0 Å². The summed E-state index contributed by atoms with van der Waals surface area (Å²) in [6, 6.07) is 12.0. The average Bonchev–Trinajstić information content (AvgIpc) is 2.89. The highest BCUT2D eigenvalue weighted by Crippen LogP contribution is 2.34. The number of rotatable bonds is 1. The Kier molecular flexibility index (Phi) is 3.03. The maximum absolute atomic E-state index is 9.83. The molecule has 0 bridgehead atoms. The Labute approximate surface area is 76.6 Å². The van der Waals surface area contributed by atoms with Crippen molar-refractivity contribution in [1.29, 1.82) is 0 Å². The zero-order chi connectivity index (χ0) is 9.73. The van der Waals surface area contributed by atoms with Crippen LogP contribution < -0.4 is 0 Å². The number of carboxylic acid groups (broad SMARTS) is 1. The van der Waals surface area contributed by atoms with Gasteiger partial charge in [0.1, 0.15) is 0 Å². The third kappa shape index (κ3) is 3.25. The van der Waals surface area contributed by atoms with Gasteiger partial charge in [-0.1, -0.05) is 36.4 Å². The molecule has 1 aliphatic carbocycles. The highest BCUT2D eigenvalue weighted by atomic mass is 16.4. The minimum atomic E-state index is -1.33. The number of carboxylic acids is 1. The van der Waals surface area contributed by atoms with Gasteiger partial charge >= 0.3 is 5.97 Å². The van der Waals surface area contributed by atoms with E-state index in [2.05, 4.69) is 0 Å². The molecule has 0 heterocycles. The molecule has 2 rings (SSSR count). The van der Waals surface area contributed by atoms with Crippen molar-refractivity contribution in [1.82, 2.24) is 0 Å². The molecular formula is C10H12O3. The second-order valence-electron chi connectivity index (χ2n) is 2.99. The van der Waals surface area contributed by atoms with Gasteiger partial charge in [0.05, 0.1) is 0 Å². The van der Waals surface area contributed by atoms with E-state index in [0.29, 0.717) is 12.8 Å². The Morgan fingerprint density at radius 2 is 1.31 bits per heavy atom. The van der Waals surface area contributed by atoms with Crippen LogP contribution in [0, 0.1) is 0 Å². The molecule has 0 atom stereocenters. The summed E-state index contributed by atoms with van der Waals surface area (Å²) in [5.74, 6) is -1.09. The lowest BCUT2D eigenvalue weighted by atomic mass is 10.4. The lowest BCUT2D eigenvalue weighted by molar-refractivity contribution is -0.148. The molecule has 1 aromatic rings. The second-order valence-corrected chi connectivity index (χ2v) is 2.99. The molecule has 3 nitrogen and oxygen atoms in total. The molecular weight excluding hydrogens is 168 g/mol. The summed E-state index contributed by atoms with van der Waals surface area (Å²) in [5.41, 5.74) is -1.33. The van der Waals surface area contributed by atoms with Crippen molar-refractivity contribution in [2.75, 3.05) is 0 Å². The predicted molar refractivity (Wildman–Crippen MR) is 48.3 cm³/mol. The Morgan fingerprint density at radius 3 is 1.38 bits per heavy atom. The smallest absolute Gasteiger partial charge is 0.335 e. The highest BCUT2D eigenvalue weighted by molar-refractivity contribution is 5.80. The molecule has 0 spiro atoms. The van der Waals surface area contributed by atoms with Gasteiger partial charge in [-0.2, -0.15) is 0 Å². The van der Waals surface area contributed by atoms with E-state index >= 15 is 0 Å².